The Kier molecular flexibility index (Phi) is 2.75. The predicted octanol–water partition coefficient (Wildman–Crippen LogP) is 1.63. The van der Waals surface area contributed by atoms with Gasteiger partial charge in [-0.15, -0.1) is 0 Å². The van der Waals surface area contributed by atoms with E-state index >= 15 is 0 Å². The second kappa shape index (κ2) is 3.64. The molecule has 0 fully saturated rings. The van der Waals surface area contributed by atoms with Gasteiger partial charge >= 0.3 is 5.97 Å². The number of benzene rings is 1. The van der Waals surface area contributed by atoms with Gasteiger partial charge in [0.2, 0.25) is 0 Å². The van der Waals surface area contributed by atoms with Crippen molar-refractivity contribution in [2.24, 2.45) is 5.84 Å². The van der Waals surface area contributed by atoms with E-state index < -0.39 is 5.97 Å². The second-order valence-electron chi connectivity index (χ2n) is 2.60. The highest BCUT2D eigenvalue weighted by Crippen LogP contribution is 2.24. The zero-order valence-electron chi connectivity index (χ0n) is 6.97. The number of nitrogens with two attached hydrogens (primary N) is 1. The topological polar surface area (TPSA) is 75.3 Å². The van der Waals surface area contributed by atoms with Crippen LogP contribution >= 0.6 is 11.6 Å². The fraction of sp³-hybridized carbons (Fsp3) is 0.125. The van der Waals surface area contributed by atoms with E-state index in [4.69, 9.17) is 22.6 Å². The SMILES string of the molecule is Cc1cc(NN)cc(C(=O)O)c1Cl. The molecule has 0 aliphatic carbocycles. The Morgan fingerprint density at radius 1 is 1.62 bits per heavy atom. The van der Waals surface area contributed by atoms with Crippen molar-refractivity contribution in [2.75, 3.05) is 5.43 Å². The maximum atomic E-state index is 10.7. The minimum Gasteiger partial charge on any atom is -0.478 e. The third kappa shape index (κ3) is 1.91. The number of hydrazine groups is 1. The average molecular weight is 201 g/mol. The minimum atomic E-state index is -1.06. The lowest BCUT2D eigenvalue weighted by molar-refractivity contribution is 0.0697. The number of nitrogen functional groups attached to an aromatic ring is 1. The van der Waals surface area contributed by atoms with Crippen LogP contribution in [0.5, 0.6) is 0 Å². The van der Waals surface area contributed by atoms with Gasteiger partial charge < -0.3 is 10.5 Å². The molecule has 0 saturated heterocycles. The average Bonchev–Trinajstić information content (AvgIpc) is 2.09. The van der Waals surface area contributed by atoms with Gasteiger partial charge in [-0.25, -0.2) is 4.79 Å². The highest BCUT2D eigenvalue weighted by atomic mass is 35.5. The van der Waals surface area contributed by atoms with Gasteiger partial charge in [-0.05, 0) is 24.6 Å². The van der Waals surface area contributed by atoms with Crippen LogP contribution in [0.15, 0.2) is 12.1 Å². The largest absolute Gasteiger partial charge is 0.478 e. The number of aromatic carboxylic acids is 1. The molecule has 1 aromatic carbocycles. The summed E-state index contributed by atoms with van der Waals surface area (Å²) in [6.07, 6.45) is 0. The van der Waals surface area contributed by atoms with E-state index in [0.29, 0.717) is 11.3 Å². The van der Waals surface area contributed by atoms with Crippen LogP contribution in [0.1, 0.15) is 15.9 Å². The minimum absolute atomic E-state index is 0.0506. The zero-order chi connectivity index (χ0) is 10.0. The molecule has 1 aromatic rings. The maximum absolute atomic E-state index is 10.7. The number of halogens is 1. The van der Waals surface area contributed by atoms with Gasteiger partial charge in [-0.3, -0.25) is 5.84 Å². The Morgan fingerprint density at radius 3 is 2.69 bits per heavy atom. The van der Waals surface area contributed by atoms with Crippen molar-refractivity contribution >= 4 is 23.3 Å². The van der Waals surface area contributed by atoms with E-state index in [-0.39, 0.29) is 10.6 Å². The smallest absolute Gasteiger partial charge is 0.337 e. The molecule has 0 unspecified atom stereocenters. The standard InChI is InChI=1S/C8H9ClN2O2/c1-4-2-5(11-10)3-6(7(4)9)8(12)13/h2-3,11H,10H2,1H3,(H,12,13). The first kappa shape index (κ1) is 9.83. The molecular weight excluding hydrogens is 192 g/mol. The molecule has 0 aromatic heterocycles. The van der Waals surface area contributed by atoms with Crippen LogP contribution in [0.4, 0.5) is 5.69 Å². The highest BCUT2D eigenvalue weighted by molar-refractivity contribution is 6.34. The molecule has 0 atom stereocenters. The molecule has 1 rings (SSSR count). The van der Waals surface area contributed by atoms with Gasteiger partial charge in [0.25, 0.3) is 0 Å². The first-order valence-electron chi connectivity index (χ1n) is 3.56. The second-order valence-corrected chi connectivity index (χ2v) is 2.98. The predicted molar refractivity (Wildman–Crippen MR) is 51.0 cm³/mol. The molecule has 0 aliphatic rings. The normalized spacial score (nSPS) is 9.77. The summed E-state index contributed by atoms with van der Waals surface area (Å²) in [7, 11) is 0. The molecule has 0 amide bonds. The van der Waals surface area contributed by atoms with E-state index in [0.717, 1.165) is 0 Å². The van der Waals surface area contributed by atoms with Gasteiger partial charge in [-0.1, -0.05) is 11.6 Å². The number of carboxylic acid groups (broad SMARTS) is 1. The summed E-state index contributed by atoms with van der Waals surface area (Å²) in [5.41, 5.74) is 3.62. The maximum Gasteiger partial charge on any atom is 0.337 e. The van der Waals surface area contributed by atoms with E-state index in [2.05, 4.69) is 5.43 Å². The Balaban J connectivity index is 3.33. The Bertz CT molecular complexity index is 352. The molecule has 0 aliphatic heterocycles. The number of hydrogen-bond donors (Lipinski definition) is 3. The quantitative estimate of drug-likeness (QED) is 0.501. The van der Waals surface area contributed by atoms with E-state index in [1.807, 2.05) is 0 Å². The van der Waals surface area contributed by atoms with Crippen molar-refractivity contribution in [3.8, 4) is 0 Å². The van der Waals surface area contributed by atoms with Gasteiger partial charge in [-0.2, -0.15) is 0 Å². The first-order valence-corrected chi connectivity index (χ1v) is 3.94. The van der Waals surface area contributed by atoms with Crippen molar-refractivity contribution in [1.29, 1.82) is 0 Å². The van der Waals surface area contributed by atoms with Crippen molar-refractivity contribution in [1.82, 2.24) is 0 Å². The summed E-state index contributed by atoms with van der Waals surface area (Å²) in [5, 5.41) is 9.00. The molecular formula is C8H9ClN2O2. The first-order chi connectivity index (χ1) is 6.06. The Labute approximate surface area is 80.3 Å². The molecule has 13 heavy (non-hydrogen) atoms. The van der Waals surface area contributed by atoms with E-state index in [1.165, 1.54) is 6.07 Å². The van der Waals surface area contributed by atoms with Crippen LogP contribution in [0.25, 0.3) is 0 Å². The Hall–Kier alpha value is -1.26. The van der Waals surface area contributed by atoms with Crippen LogP contribution in [0.3, 0.4) is 0 Å². The summed E-state index contributed by atoms with van der Waals surface area (Å²) in [6, 6.07) is 3.06. The van der Waals surface area contributed by atoms with Crippen molar-refractivity contribution in [3.05, 3.63) is 28.3 Å². The molecule has 5 heteroatoms. The fourth-order valence-electron chi connectivity index (χ4n) is 1.01. The number of carbonyl (C=O) groups is 1. The molecule has 4 N–H and O–H groups in total. The lowest BCUT2D eigenvalue weighted by atomic mass is 10.1. The molecule has 0 saturated carbocycles. The van der Waals surface area contributed by atoms with Crippen LogP contribution in [-0.4, -0.2) is 11.1 Å². The number of rotatable bonds is 2. The summed E-state index contributed by atoms with van der Waals surface area (Å²) in [4.78, 5) is 10.7. The molecule has 0 bridgehead atoms. The van der Waals surface area contributed by atoms with Gasteiger partial charge in [0.05, 0.1) is 10.6 Å². The zero-order valence-corrected chi connectivity index (χ0v) is 7.72. The van der Waals surface area contributed by atoms with Gasteiger partial charge in [0.1, 0.15) is 0 Å². The van der Waals surface area contributed by atoms with Crippen LogP contribution in [0, 0.1) is 6.92 Å². The van der Waals surface area contributed by atoms with Gasteiger partial charge in [0.15, 0.2) is 0 Å². The third-order valence-electron chi connectivity index (χ3n) is 1.65. The lowest BCUT2D eigenvalue weighted by Crippen LogP contribution is -2.09. The molecule has 0 spiro atoms. The fourth-order valence-corrected chi connectivity index (χ4v) is 1.20. The summed E-state index contributed by atoms with van der Waals surface area (Å²) in [5.74, 6) is 4.09. The van der Waals surface area contributed by atoms with Crippen molar-refractivity contribution in [3.63, 3.8) is 0 Å². The van der Waals surface area contributed by atoms with Gasteiger partial charge in [0, 0.05) is 5.69 Å². The Morgan fingerprint density at radius 2 is 2.23 bits per heavy atom. The monoisotopic (exact) mass is 200 g/mol. The highest BCUT2D eigenvalue weighted by Gasteiger charge is 2.11. The van der Waals surface area contributed by atoms with Crippen LogP contribution in [0.2, 0.25) is 5.02 Å². The summed E-state index contributed by atoms with van der Waals surface area (Å²) >= 11 is 5.77. The summed E-state index contributed by atoms with van der Waals surface area (Å²) in [6.45, 7) is 1.72. The van der Waals surface area contributed by atoms with Crippen molar-refractivity contribution in [2.45, 2.75) is 6.92 Å². The summed E-state index contributed by atoms with van der Waals surface area (Å²) < 4.78 is 0. The van der Waals surface area contributed by atoms with E-state index in [9.17, 15) is 4.79 Å². The molecule has 4 nitrogen and oxygen atoms in total. The van der Waals surface area contributed by atoms with Crippen LogP contribution < -0.4 is 11.3 Å². The molecule has 0 heterocycles. The number of anilines is 1. The molecule has 70 valence electrons. The van der Waals surface area contributed by atoms with E-state index in [1.54, 1.807) is 13.0 Å². The number of aryl methyl sites for hydroxylation is 1. The lowest BCUT2D eigenvalue weighted by Gasteiger charge is -2.06. The number of carboxylic acids is 1. The third-order valence-corrected chi connectivity index (χ3v) is 2.15. The molecule has 0 radical (unpaired) electrons. The van der Waals surface area contributed by atoms with Crippen molar-refractivity contribution < 1.29 is 9.90 Å². The van der Waals surface area contributed by atoms with Crippen LogP contribution in [-0.2, 0) is 0 Å². The number of hydrogen-bond acceptors (Lipinski definition) is 3. The number of nitrogens with one attached hydrogen (secondary N) is 1.